The van der Waals surface area contributed by atoms with Crippen LogP contribution in [0.15, 0.2) is 11.6 Å². The van der Waals surface area contributed by atoms with Crippen molar-refractivity contribution in [2.24, 2.45) is 5.41 Å². The summed E-state index contributed by atoms with van der Waals surface area (Å²) in [4.78, 5) is 24.3. The lowest BCUT2D eigenvalue weighted by Crippen LogP contribution is -2.60. The molecule has 0 bridgehead atoms. The number of hydrogen-bond acceptors (Lipinski definition) is 6. The maximum absolute atomic E-state index is 12.8. The van der Waals surface area contributed by atoms with Crippen LogP contribution in [0.2, 0.25) is 18.1 Å². The number of esters is 1. The van der Waals surface area contributed by atoms with Crippen LogP contribution in [-0.2, 0) is 28.2 Å². The third-order valence-corrected chi connectivity index (χ3v) is 11.6. The molecule has 0 aromatic heterocycles. The molecule has 1 spiro atoms. The maximum atomic E-state index is 12.8. The largest absolute Gasteiger partial charge is 0.454 e. The van der Waals surface area contributed by atoms with Crippen molar-refractivity contribution in [1.82, 2.24) is 0 Å². The van der Waals surface area contributed by atoms with Crippen molar-refractivity contribution in [2.75, 3.05) is 13.2 Å². The van der Waals surface area contributed by atoms with Crippen LogP contribution in [0.5, 0.6) is 0 Å². The second-order valence-electron chi connectivity index (χ2n) is 9.99. The molecule has 3 atom stereocenters. The fraction of sp³-hybridized carbons (Fsp3) is 0.810. The molecule has 158 valence electrons. The second-order valence-corrected chi connectivity index (χ2v) is 14.7. The van der Waals surface area contributed by atoms with E-state index in [0.29, 0.717) is 26.1 Å². The molecule has 1 unspecified atom stereocenters. The monoisotopic (exact) mass is 410 g/mol. The highest BCUT2D eigenvalue weighted by molar-refractivity contribution is 6.74. The Balaban J connectivity index is 2.00. The lowest BCUT2D eigenvalue weighted by molar-refractivity contribution is -0.249. The number of ketones is 1. The van der Waals surface area contributed by atoms with E-state index in [0.717, 1.165) is 12.0 Å². The fourth-order valence-electron chi connectivity index (χ4n) is 4.44. The SMILES string of the molecule is CC(=O)OC1C[C@@]2(C)C(=CC1=O)[C@H](O[Si](C)(C)C(C)(C)C)CCC21OCCO1. The molecule has 28 heavy (non-hydrogen) atoms. The Bertz CT molecular complexity index is 685. The number of hydrogen-bond donors (Lipinski definition) is 0. The quantitative estimate of drug-likeness (QED) is 0.521. The highest BCUT2D eigenvalue weighted by Gasteiger charge is 2.62. The van der Waals surface area contributed by atoms with Gasteiger partial charge in [0.1, 0.15) is 0 Å². The van der Waals surface area contributed by atoms with Crippen LogP contribution in [-0.4, -0.2) is 51.3 Å². The van der Waals surface area contributed by atoms with Crippen LogP contribution >= 0.6 is 0 Å². The summed E-state index contributed by atoms with van der Waals surface area (Å²) in [6.07, 6.45) is 2.49. The summed E-state index contributed by atoms with van der Waals surface area (Å²) in [6, 6.07) is 0. The van der Waals surface area contributed by atoms with E-state index < -0.39 is 31.6 Å². The van der Waals surface area contributed by atoms with Crippen molar-refractivity contribution in [3.05, 3.63) is 11.6 Å². The standard InChI is InChI=1S/C21H34O6Si/c1-14(22)26-18-13-20(5)15(12-16(18)23)17(27-28(6,7)19(2,3)4)8-9-21(20)24-10-11-25-21/h12,17-18H,8-11,13H2,1-7H3/t17-,18?,20+/m1/s1. The lowest BCUT2D eigenvalue weighted by Gasteiger charge is -2.55. The maximum Gasteiger partial charge on any atom is 0.303 e. The molecular formula is C21H34O6Si. The number of carbonyl (C=O) groups excluding carboxylic acids is 2. The smallest absolute Gasteiger partial charge is 0.303 e. The molecule has 3 aliphatic rings. The molecule has 0 N–H and O–H groups in total. The molecule has 1 saturated carbocycles. The van der Waals surface area contributed by atoms with Gasteiger partial charge >= 0.3 is 5.97 Å². The number of rotatable bonds is 3. The fourth-order valence-corrected chi connectivity index (χ4v) is 5.75. The van der Waals surface area contributed by atoms with Gasteiger partial charge in [-0.15, -0.1) is 0 Å². The Morgan fingerprint density at radius 2 is 1.82 bits per heavy atom. The summed E-state index contributed by atoms with van der Waals surface area (Å²) in [5, 5.41) is 0.0679. The van der Waals surface area contributed by atoms with Gasteiger partial charge in [0.25, 0.3) is 0 Å². The van der Waals surface area contributed by atoms with E-state index in [1.54, 1.807) is 6.08 Å². The summed E-state index contributed by atoms with van der Waals surface area (Å²) >= 11 is 0. The second kappa shape index (κ2) is 7.04. The lowest BCUT2D eigenvalue weighted by atomic mass is 9.60. The van der Waals surface area contributed by atoms with E-state index in [1.807, 2.05) is 0 Å². The summed E-state index contributed by atoms with van der Waals surface area (Å²) < 4.78 is 24.3. The topological polar surface area (TPSA) is 71.1 Å². The van der Waals surface area contributed by atoms with Crippen LogP contribution in [0.4, 0.5) is 0 Å². The highest BCUT2D eigenvalue weighted by atomic mass is 28.4. The first-order valence-electron chi connectivity index (χ1n) is 10.2. The first kappa shape index (κ1) is 21.7. The van der Waals surface area contributed by atoms with Crippen molar-refractivity contribution in [1.29, 1.82) is 0 Å². The van der Waals surface area contributed by atoms with Gasteiger partial charge in [0.15, 0.2) is 26.0 Å². The average Bonchev–Trinajstić information content (AvgIpc) is 3.02. The van der Waals surface area contributed by atoms with Gasteiger partial charge in [-0.25, -0.2) is 0 Å². The molecule has 2 fully saturated rings. The molecule has 3 rings (SSSR count). The zero-order valence-electron chi connectivity index (χ0n) is 18.2. The van der Waals surface area contributed by atoms with Crippen LogP contribution in [0.1, 0.15) is 53.9 Å². The van der Waals surface area contributed by atoms with Crippen LogP contribution in [0.25, 0.3) is 0 Å². The molecule has 1 saturated heterocycles. The van der Waals surface area contributed by atoms with E-state index in [9.17, 15) is 9.59 Å². The van der Waals surface area contributed by atoms with Crippen molar-refractivity contribution < 1.29 is 28.2 Å². The summed E-state index contributed by atoms with van der Waals surface area (Å²) in [7, 11) is -2.04. The van der Waals surface area contributed by atoms with E-state index in [4.69, 9.17) is 18.6 Å². The zero-order chi connectivity index (χ0) is 21.0. The molecule has 2 aliphatic carbocycles. The van der Waals surface area contributed by atoms with Gasteiger partial charge in [-0.3, -0.25) is 9.59 Å². The predicted molar refractivity (Wildman–Crippen MR) is 107 cm³/mol. The van der Waals surface area contributed by atoms with E-state index in [2.05, 4.69) is 40.8 Å². The minimum absolute atomic E-state index is 0.0679. The molecule has 0 aromatic carbocycles. The van der Waals surface area contributed by atoms with Crippen LogP contribution < -0.4 is 0 Å². The van der Waals surface area contributed by atoms with Crippen molar-refractivity contribution in [3.8, 4) is 0 Å². The Hall–Kier alpha value is -1.02. The Morgan fingerprint density at radius 3 is 2.36 bits per heavy atom. The minimum atomic E-state index is -2.04. The van der Waals surface area contributed by atoms with Gasteiger partial charge < -0.3 is 18.6 Å². The third kappa shape index (κ3) is 3.51. The molecule has 0 aromatic rings. The average molecular weight is 411 g/mol. The Morgan fingerprint density at radius 1 is 1.21 bits per heavy atom. The highest BCUT2D eigenvalue weighted by Crippen LogP contribution is 2.57. The number of ether oxygens (including phenoxy) is 3. The number of carbonyl (C=O) groups is 2. The van der Waals surface area contributed by atoms with Gasteiger partial charge in [0, 0.05) is 25.2 Å². The molecule has 1 aliphatic heterocycles. The van der Waals surface area contributed by atoms with Crippen molar-refractivity contribution >= 4 is 20.1 Å². The molecule has 7 heteroatoms. The number of fused-ring (bicyclic) bond motifs is 2. The zero-order valence-corrected chi connectivity index (χ0v) is 19.2. The minimum Gasteiger partial charge on any atom is -0.454 e. The van der Waals surface area contributed by atoms with Gasteiger partial charge in [0.05, 0.1) is 19.3 Å². The molecule has 0 amide bonds. The predicted octanol–water partition coefficient (Wildman–Crippen LogP) is 3.75. The van der Waals surface area contributed by atoms with Gasteiger partial charge in [0.2, 0.25) is 0 Å². The van der Waals surface area contributed by atoms with Crippen molar-refractivity contribution in [2.45, 2.75) is 90.0 Å². The first-order valence-corrected chi connectivity index (χ1v) is 13.1. The van der Waals surface area contributed by atoms with Gasteiger partial charge in [-0.2, -0.15) is 0 Å². The Labute approximate surface area is 169 Å². The molecular weight excluding hydrogens is 376 g/mol. The van der Waals surface area contributed by atoms with E-state index in [1.165, 1.54) is 6.92 Å². The van der Waals surface area contributed by atoms with Gasteiger partial charge in [-0.05, 0) is 36.2 Å². The van der Waals surface area contributed by atoms with Crippen LogP contribution in [0.3, 0.4) is 0 Å². The molecule has 0 radical (unpaired) electrons. The van der Waals surface area contributed by atoms with E-state index in [-0.39, 0.29) is 16.9 Å². The Kier molecular flexibility index (Phi) is 5.45. The third-order valence-electron chi connectivity index (χ3n) is 7.07. The summed E-state index contributed by atoms with van der Waals surface area (Å²) in [5.74, 6) is -1.42. The first-order chi connectivity index (χ1) is 12.8. The van der Waals surface area contributed by atoms with E-state index >= 15 is 0 Å². The molecule has 6 nitrogen and oxygen atoms in total. The summed E-state index contributed by atoms with van der Waals surface area (Å²) in [6.45, 7) is 15.5. The normalized spacial score (nSPS) is 32.8. The molecule has 1 heterocycles. The van der Waals surface area contributed by atoms with Crippen molar-refractivity contribution in [3.63, 3.8) is 0 Å². The van der Waals surface area contributed by atoms with Gasteiger partial charge in [-0.1, -0.05) is 27.7 Å². The van der Waals surface area contributed by atoms with Crippen LogP contribution in [0, 0.1) is 5.41 Å². The summed E-state index contributed by atoms with van der Waals surface area (Å²) in [5.41, 5.74) is 0.349.